The summed E-state index contributed by atoms with van der Waals surface area (Å²) in [5, 5.41) is 0. The number of aromatic nitrogens is 2. The van der Waals surface area contributed by atoms with Crippen LogP contribution in [0.15, 0.2) is 84.9 Å². The number of ether oxygens (including phenoxy) is 4. The van der Waals surface area contributed by atoms with Gasteiger partial charge in [0.05, 0.1) is 22.7 Å². The van der Waals surface area contributed by atoms with E-state index in [4.69, 9.17) is 28.9 Å². The first-order valence-corrected chi connectivity index (χ1v) is 18.2. The number of pyridine rings is 2. The molecule has 0 spiro atoms. The number of amides is 4. The maximum Gasteiger partial charge on any atom is 0.420 e. The summed E-state index contributed by atoms with van der Waals surface area (Å²) in [4.78, 5) is 71.2. The molecule has 0 radical (unpaired) electrons. The van der Waals surface area contributed by atoms with E-state index in [0.717, 1.165) is 0 Å². The molecule has 0 atom stereocenters. The van der Waals surface area contributed by atoms with E-state index in [0.29, 0.717) is 0 Å². The van der Waals surface area contributed by atoms with Crippen molar-refractivity contribution in [1.29, 1.82) is 0 Å². The molecule has 2 aromatic heterocycles. The number of nitrogens with zero attached hydrogens (tertiary/aromatic N) is 6. The molecule has 14 heteroatoms. The van der Waals surface area contributed by atoms with Crippen molar-refractivity contribution in [2.75, 3.05) is 19.6 Å². The van der Waals surface area contributed by atoms with E-state index in [1.807, 2.05) is 0 Å². The molecule has 0 unspecified atom stereocenters. The smallest absolute Gasteiger partial charge is 0.420 e. The predicted octanol–water partition coefficient (Wildman–Crippen LogP) is 11.1. The molecule has 1 aliphatic rings. The summed E-state index contributed by atoms with van der Waals surface area (Å²) in [6.45, 7) is 20.9. The average molecular weight is 767 g/mol. The Morgan fingerprint density at radius 2 is 0.571 bits per heavy atom. The van der Waals surface area contributed by atoms with Gasteiger partial charge < -0.3 is 18.9 Å². The van der Waals surface area contributed by atoms with Gasteiger partial charge in [0.25, 0.3) is 0 Å². The van der Waals surface area contributed by atoms with Crippen LogP contribution in [0.3, 0.4) is 0 Å². The van der Waals surface area contributed by atoms with Crippen LogP contribution in [0, 0.1) is 0 Å². The minimum absolute atomic E-state index is 0.0880. The molecule has 8 bridgehead atoms. The third-order valence-corrected chi connectivity index (χ3v) is 7.35. The van der Waals surface area contributed by atoms with Crippen molar-refractivity contribution in [3.05, 3.63) is 84.9 Å². The van der Waals surface area contributed by atoms with Crippen molar-refractivity contribution in [3.8, 4) is 0 Å². The van der Waals surface area contributed by atoms with Crippen molar-refractivity contribution in [2.24, 2.45) is 0 Å². The van der Waals surface area contributed by atoms with Gasteiger partial charge in [0.15, 0.2) is 0 Å². The van der Waals surface area contributed by atoms with Crippen molar-refractivity contribution < 1.29 is 38.1 Å². The second-order valence-corrected chi connectivity index (χ2v) is 17.0. The van der Waals surface area contributed by atoms with Gasteiger partial charge in [0, 0.05) is 0 Å². The van der Waals surface area contributed by atoms with Crippen LogP contribution >= 0.6 is 0 Å². The Morgan fingerprint density at radius 1 is 0.375 bits per heavy atom. The number of hydrogen-bond acceptors (Lipinski definition) is 10. The van der Waals surface area contributed by atoms with Crippen LogP contribution in [0.5, 0.6) is 0 Å². The van der Waals surface area contributed by atoms with E-state index in [1.165, 1.54) is 19.6 Å². The van der Waals surface area contributed by atoms with E-state index in [1.54, 1.807) is 168 Å². The Labute approximate surface area is 327 Å². The molecule has 3 heterocycles. The Hall–Kier alpha value is -6.18. The molecule has 0 aliphatic carbocycles. The van der Waals surface area contributed by atoms with E-state index in [9.17, 15) is 19.2 Å². The standard InChI is InChI=1S/C42H50N6O8/c1-39(2,3)53-35(49)45-27-17-13-18-28(25-27)46(36(50)54-40(4,5)6)33-23-16-24-34(44-33)48(38(52)56-42(10,11)12)30-20-14-19-29(26-30)47(37(51)55-41(7,8)9)32-22-15-21-31(45)43-32/h13-26H,1-12H3. The highest BCUT2D eigenvalue weighted by molar-refractivity contribution is 6.02. The molecule has 0 N–H and O–H groups in total. The van der Waals surface area contributed by atoms with Crippen LogP contribution in [0.1, 0.15) is 83.1 Å². The molecule has 296 valence electrons. The maximum absolute atomic E-state index is 14.1. The zero-order valence-electron chi connectivity index (χ0n) is 34.0. The number of anilines is 8. The van der Waals surface area contributed by atoms with Crippen LogP contribution in [0.4, 0.5) is 65.2 Å². The summed E-state index contributed by atoms with van der Waals surface area (Å²) in [5.41, 5.74) is -2.57. The summed E-state index contributed by atoms with van der Waals surface area (Å²) in [6, 6.07) is 22.7. The Morgan fingerprint density at radius 3 is 0.768 bits per heavy atom. The molecule has 4 amide bonds. The fourth-order valence-corrected chi connectivity index (χ4v) is 5.42. The van der Waals surface area contributed by atoms with Crippen molar-refractivity contribution >= 4 is 70.4 Å². The largest absolute Gasteiger partial charge is 0.443 e. The minimum atomic E-state index is -0.905. The molecular weight excluding hydrogens is 716 g/mol. The summed E-state index contributed by atoms with van der Waals surface area (Å²) >= 11 is 0. The molecule has 2 aromatic carbocycles. The predicted molar refractivity (Wildman–Crippen MR) is 215 cm³/mol. The lowest BCUT2D eigenvalue weighted by atomic mass is 10.2. The SMILES string of the molecule is CC(C)(C)OC(=O)N1c2cccc(c2)N(C(=O)OC(C)(C)C)c2cccc(n2)N(C(=O)OC(C)(C)C)c2cccc(c2)N(C(=O)OC(C)(C)C)c2cccc1n2. The Bertz CT molecular complexity index is 1750. The summed E-state index contributed by atoms with van der Waals surface area (Å²) in [5.74, 6) is 0.352. The fraction of sp³-hybridized carbons (Fsp3) is 0.381. The summed E-state index contributed by atoms with van der Waals surface area (Å²) < 4.78 is 23.5. The Balaban J connectivity index is 1.88. The molecule has 4 aromatic rings. The first-order valence-electron chi connectivity index (χ1n) is 18.2. The number of carbonyl (C=O) groups excluding carboxylic acids is 4. The molecule has 14 nitrogen and oxygen atoms in total. The van der Waals surface area contributed by atoms with Crippen molar-refractivity contribution in [1.82, 2.24) is 9.97 Å². The van der Waals surface area contributed by atoms with Gasteiger partial charge in [0.1, 0.15) is 45.7 Å². The topological polar surface area (TPSA) is 144 Å². The fourth-order valence-electron chi connectivity index (χ4n) is 5.42. The number of carbonyl (C=O) groups is 4. The highest BCUT2D eigenvalue weighted by Gasteiger charge is 2.34. The van der Waals surface area contributed by atoms with Crippen molar-refractivity contribution in [3.63, 3.8) is 0 Å². The molecular formula is C42H50N6O8. The van der Waals surface area contributed by atoms with Gasteiger partial charge in [0.2, 0.25) is 0 Å². The lowest BCUT2D eigenvalue weighted by Gasteiger charge is -2.31. The molecule has 0 saturated heterocycles. The molecule has 1 aliphatic heterocycles. The first-order chi connectivity index (χ1) is 25.9. The van der Waals surface area contributed by atoms with Crippen LogP contribution in [-0.4, -0.2) is 56.7 Å². The van der Waals surface area contributed by atoms with Crippen LogP contribution in [0.2, 0.25) is 0 Å². The molecule has 0 saturated carbocycles. The van der Waals surface area contributed by atoms with Crippen molar-refractivity contribution in [2.45, 2.75) is 105 Å². The van der Waals surface area contributed by atoms with Gasteiger partial charge in [-0.2, -0.15) is 0 Å². The van der Waals surface area contributed by atoms with Crippen LogP contribution in [-0.2, 0) is 18.9 Å². The second kappa shape index (κ2) is 15.2. The highest BCUT2D eigenvalue weighted by atomic mass is 16.6. The second-order valence-electron chi connectivity index (χ2n) is 17.0. The van der Waals surface area contributed by atoms with E-state index < -0.39 is 46.8 Å². The van der Waals surface area contributed by atoms with Gasteiger partial charge in [-0.05, 0) is 144 Å². The monoisotopic (exact) mass is 766 g/mol. The number of rotatable bonds is 0. The van der Waals surface area contributed by atoms with Gasteiger partial charge in [-0.25, -0.2) is 48.7 Å². The molecule has 5 rings (SSSR count). The number of benzene rings is 2. The zero-order valence-corrected chi connectivity index (χ0v) is 34.0. The summed E-state index contributed by atoms with van der Waals surface area (Å²) in [7, 11) is 0. The van der Waals surface area contributed by atoms with Gasteiger partial charge in [-0.15, -0.1) is 0 Å². The number of hydrogen-bond donors (Lipinski definition) is 0. The first kappa shape index (κ1) is 41.0. The van der Waals surface area contributed by atoms with Gasteiger partial charge in [-0.1, -0.05) is 24.3 Å². The average Bonchev–Trinajstić information content (AvgIpc) is 3.02. The van der Waals surface area contributed by atoms with Gasteiger partial charge >= 0.3 is 24.4 Å². The Kier molecular flexibility index (Phi) is 11.1. The zero-order chi connectivity index (χ0) is 41.4. The molecule has 56 heavy (non-hydrogen) atoms. The quantitative estimate of drug-likeness (QED) is 0.159. The van der Waals surface area contributed by atoms with Gasteiger partial charge in [-0.3, -0.25) is 0 Å². The summed E-state index contributed by atoms with van der Waals surface area (Å²) in [6.07, 6.45) is -3.10. The van der Waals surface area contributed by atoms with E-state index >= 15 is 0 Å². The lowest BCUT2D eigenvalue weighted by Crippen LogP contribution is -2.37. The normalized spacial score (nSPS) is 13.5. The highest BCUT2D eigenvalue weighted by Crippen LogP contribution is 2.38. The van der Waals surface area contributed by atoms with Crippen LogP contribution in [0.25, 0.3) is 0 Å². The lowest BCUT2D eigenvalue weighted by molar-refractivity contribution is 0.0586. The third kappa shape index (κ3) is 10.1. The molecule has 0 fully saturated rings. The maximum atomic E-state index is 14.1. The number of fused-ring (bicyclic) bond motifs is 8. The third-order valence-electron chi connectivity index (χ3n) is 7.35. The van der Waals surface area contributed by atoms with Crippen LogP contribution < -0.4 is 19.6 Å². The van der Waals surface area contributed by atoms with E-state index in [-0.39, 0.29) is 46.0 Å². The minimum Gasteiger partial charge on any atom is -0.443 e. The van der Waals surface area contributed by atoms with E-state index in [2.05, 4.69) is 0 Å².